The molecule has 0 saturated heterocycles. The van der Waals surface area contributed by atoms with Gasteiger partial charge in [0.2, 0.25) is 6.10 Å². The second kappa shape index (κ2) is 17.8. The Bertz CT molecular complexity index is 2030. The van der Waals surface area contributed by atoms with Gasteiger partial charge >= 0.3 is 5.97 Å². The molecule has 8 nitrogen and oxygen atoms in total. The van der Waals surface area contributed by atoms with Crippen LogP contribution in [-0.2, 0) is 24.2 Å². The molecule has 266 valence electrons. The van der Waals surface area contributed by atoms with Gasteiger partial charge in [0.25, 0.3) is 11.5 Å². The Kier molecular flexibility index (Phi) is 13.0. The highest BCUT2D eigenvalue weighted by Gasteiger charge is 2.26. The molecule has 0 bridgehead atoms. The van der Waals surface area contributed by atoms with E-state index in [4.69, 9.17) is 21.3 Å². The highest BCUT2D eigenvalue weighted by atomic mass is 35.5. The first-order valence-corrected chi connectivity index (χ1v) is 18.3. The van der Waals surface area contributed by atoms with Crippen molar-refractivity contribution in [3.05, 3.63) is 134 Å². The van der Waals surface area contributed by atoms with Crippen LogP contribution in [0.3, 0.4) is 0 Å². The Morgan fingerprint density at radius 1 is 0.863 bits per heavy atom. The second-order valence-electron chi connectivity index (χ2n) is 12.8. The Hall–Kier alpha value is -4.95. The molecule has 9 heteroatoms. The lowest BCUT2D eigenvalue weighted by Gasteiger charge is -2.24. The summed E-state index contributed by atoms with van der Waals surface area (Å²) < 4.78 is 7.85. The van der Waals surface area contributed by atoms with Crippen LogP contribution < -0.4 is 15.2 Å². The fraction of sp³-hybridized carbons (Fsp3) is 0.333. The van der Waals surface area contributed by atoms with Gasteiger partial charge in [-0.2, -0.15) is 0 Å². The quantitative estimate of drug-likeness (QED) is 0.0967. The number of carbonyl (C=O) groups is 2. The van der Waals surface area contributed by atoms with Gasteiger partial charge in [0.1, 0.15) is 11.6 Å². The molecule has 1 unspecified atom stereocenters. The van der Waals surface area contributed by atoms with E-state index in [0.717, 1.165) is 49.7 Å². The van der Waals surface area contributed by atoms with Crippen molar-refractivity contribution >= 4 is 40.1 Å². The van der Waals surface area contributed by atoms with Gasteiger partial charge in [0.05, 0.1) is 17.4 Å². The lowest BCUT2D eigenvalue weighted by molar-refractivity contribution is -0.145. The number of fused-ring (bicyclic) bond motifs is 1. The van der Waals surface area contributed by atoms with Gasteiger partial charge < -0.3 is 14.7 Å². The zero-order valence-corrected chi connectivity index (χ0v) is 30.4. The molecule has 0 fully saturated rings. The Balaban J connectivity index is 1.54. The topological polar surface area (TPSA) is 102 Å². The van der Waals surface area contributed by atoms with Crippen molar-refractivity contribution in [2.24, 2.45) is 0 Å². The van der Waals surface area contributed by atoms with Crippen LogP contribution in [0.1, 0.15) is 98.3 Å². The summed E-state index contributed by atoms with van der Waals surface area (Å²) in [5.41, 5.74) is 3.77. The fourth-order valence-electron chi connectivity index (χ4n) is 6.27. The molecule has 4 aromatic carbocycles. The molecule has 0 aliphatic heterocycles. The summed E-state index contributed by atoms with van der Waals surface area (Å²) in [5.74, 6) is -0.0922. The normalized spacial score (nSPS) is 11.8. The van der Waals surface area contributed by atoms with Crippen molar-refractivity contribution in [3.63, 3.8) is 0 Å². The minimum Gasteiger partial charge on any atom is -0.478 e. The number of carboxylic acids is 1. The number of hydrogen-bond acceptors (Lipinski definition) is 5. The van der Waals surface area contributed by atoms with Crippen LogP contribution in [-0.4, -0.2) is 33.1 Å². The van der Waals surface area contributed by atoms with E-state index in [1.807, 2.05) is 61.5 Å². The molecule has 5 rings (SSSR count). The van der Waals surface area contributed by atoms with Crippen LogP contribution in [0.25, 0.3) is 10.9 Å². The molecule has 0 spiro atoms. The van der Waals surface area contributed by atoms with Gasteiger partial charge in [0.15, 0.2) is 0 Å². The molecule has 51 heavy (non-hydrogen) atoms. The summed E-state index contributed by atoms with van der Waals surface area (Å²) in [7, 11) is 0. The molecule has 1 aromatic heterocycles. The van der Waals surface area contributed by atoms with Crippen LogP contribution in [0.5, 0.6) is 5.75 Å². The van der Waals surface area contributed by atoms with Crippen LogP contribution in [0.15, 0.2) is 95.8 Å². The average Bonchev–Trinajstić information content (AvgIpc) is 3.14. The average molecular weight is 708 g/mol. The third-order valence-corrected chi connectivity index (χ3v) is 9.32. The molecule has 1 amide bonds. The molecule has 1 heterocycles. The summed E-state index contributed by atoms with van der Waals surface area (Å²) in [6.07, 6.45) is 5.50. The number of hydrogen-bond donors (Lipinski definition) is 1. The number of ether oxygens (including phenoxy) is 1. The Morgan fingerprint density at radius 2 is 1.61 bits per heavy atom. The predicted octanol–water partition coefficient (Wildman–Crippen LogP) is 9.43. The molecule has 1 atom stereocenters. The van der Waals surface area contributed by atoms with E-state index >= 15 is 0 Å². The number of benzene rings is 4. The van der Waals surface area contributed by atoms with E-state index in [1.165, 1.54) is 0 Å². The highest BCUT2D eigenvalue weighted by Crippen LogP contribution is 2.31. The standard InChI is InChI=1S/C42H46ClN3O5/c1-4-7-14-25-45(40(47)30-16-10-9-11-17-30)32-22-23-36-34(27-32)41(48)46(38(44-36)20-8-5-2)28-29-21-24-37(31(26-29)15-6-3)51-39(42(49)50)33-18-12-13-19-35(33)43/h9-13,16-19,21-24,26-27,39H,4-8,14-15,20,25,28H2,1-3H3,(H,49,50). The molecule has 0 saturated carbocycles. The molecular weight excluding hydrogens is 662 g/mol. The zero-order chi connectivity index (χ0) is 36.3. The lowest BCUT2D eigenvalue weighted by Crippen LogP contribution is -2.32. The van der Waals surface area contributed by atoms with Crippen molar-refractivity contribution in [1.82, 2.24) is 9.55 Å². The summed E-state index contributed by atoms with van der Waals surface area (Å²) in [4.78, 5) is 47.2. The van der Waals surface area contributed by atoms with E-state index in [2.05, 4.69) is 13.8 Å². The molecular formula is C42H46ClN3O5. The molecule has 0 aliphatic carbocycles. The fourth-order valence-corrected chi connectivity index (χ4v) is 6.51. The third kappa shape index (κ3) is 9.05. The Morgan fingerprint density at radius 3 is 2.31 bits per heavy atom. The summed E-state index contributed by atoms with van der Waals surface area (Å²) in [6.45, 7) is 7.10. The van der Waals surface area contributed by atoms with Gasteiger partial charge in [-0.1, -0.05) is 107 Å². The highest BCUT2D eigenvalue weighted by molar-refractivity contribution is 6.31. The predicted molar refractivity (Wildman–Crippen MR) is 204 cm³/mol. The maximum absolute atomic E-state index is 14.4. The lowest BCUT2D eigenvalue weighted by atomic mass is 10.0. The van der Waals surface area contributed by atoms with Crippen molar-refractivity contribution in [1.29, 1.82) is 0 Å². The number of amides is 1. The van der Waals surface area contributed by atoms with E-state index in [9.17, 15) is 19.5 Å². The maximum Gasteiger partial charge on any atom is 0.349 e. The number of aliphatic carboxylic acids is 1. The Labute approximate surface area is 304 Å². The first-order chi connectivity index (χ1) is 24.7. The number of halogens is 1. The van der Waals surface area contributed by atoms with Crippen LogP contribution in [0.2, 0.25) is 5.02 Å². The van der Waals surface area contributed by atoms with E-state index in [-0.39, 0.29) is 18.0 Å². The second-order valence-corrected chi connectivity index (χ2v) is 13.2. The van der Waals surface area contributed by atoms with Gasteiger partial charge in [-0.15, -0.1) is 0 Å². The van der Waals surface area contributed by atoms with E-state index in [0.29, 0.717) is 63.7 Å². The number of nitrogens with zero attached hydrogens (tertiary/aromatic N) is 3. The largest absolute Gasteiger partial charge is 0.478 e. The summed E-state index contributed by atoms with van der Waals surface area (Å²) >= 11 is 6.35. The van der Waals surface area contributed by atoms with E-state index < -0.39 is 12.1 Å². The SMILES string of the molecule is CCCCCN(C(=O)c1ccccc1)c1ccc2nc(CCCC)n(Cc3ccc(OC(C(=O)O)c4ccccc4Cl)c(CCC)c3)c(=O)c2c1. The summed E-state index contributed by atoms with van der Waals surface area (Å²) in [6, 6.07) is 27.2. The number of aryl methyl sites for hydroxylation is 2. The monoisotopic (exact) mass is 707 g/mol. The van der Waals surface area contributed by atoms with Gasteiger partial charge in [-0.3, -0.25) is 14.2 Å². The van der Waals surface area contributed by atoms with Gasteiger partial charge in [-0.05, 0) is 72.9 Å². The molecule has 1 N–H and O–H groups in total. The van der Waals surface area contributed by atoms with Crippen molar-refractivity contribution in [2.75, 3.05) is 11.4 Å². The van der Waals surface area contributed by atoms with Crippen LogP contribution >= 0.6 is 11.6 Å². The minimum atomic E-state index is -1.28. The van der Waals surface area contributed by atoms with E-state index in [1.54, 1.807) is 45.9 Å². The smallest absolute Gasteiger partial charge is 0.349 e. The van der Waals surface area contributed by atoms with Gasteiger partial charge in [-0.25, -0.2) is 9.78 Å². The van der Waals surface area contributed by atoms with Crippen LogP contribution in [0, 0.1) is 0 Å². The zero-order valence-electron chi connectivity index (χ0n) is 29.6. The number of unbranched alkanes of at least 4 members (excludes halogenated alkanes) is 3. The van der Waals surface area contributed by atoms with Crippen molar-refractivity contribution in [3.8, 4) is 5.75 Å². The number of carboxylic acid groups (broad SMARTS) is 1. The number of carbonyl (C=O) groups excluding carboxylic acids is 1. The maximum atomic E-state index is 14.4. The van der Waals surface area contributed by atoms with Crippen molar-refractivity contribution < 1.29 is 19.4 Å². The first-order valence-electron chi connectivity index (χ1n) is 17.9. The molecule has 0 aliphatic rings. The molecule has 5 aromatic rings. The number of rotatable bonds is 17. The molecule has 0 radical (unpaired) electrons. The number of aromatic nitrogens is 2. The number of anilines is 1. The minimum absolute atomic E-state index is 0.107. The third-order valence-electron chi connectivity index (χ3n) is 8.98. The first kappa shape index (κ1) is 37.3. The summed E-state index contributed by atoms with van der Waals surface area (Å²) in [5, 5.41) is 10.8. The van der Waals surface area contributed by atoms with Gasteiger partial charge in [0, 0.05) is 34.8 Å². The van der Waals surface area contributed by atoms with Crippen LogP contribution in [0.4, 0.5) is 5.69 Å². The van der Waals surface area contributed by atoms with Crippen molar-refractivity contribution in [2.45, 2.75) is 84.8 Å².